The molecule has 9 rings (SSSR count). The summed E-state index contributed by atoms with van der Waals surface area (Å²) >= 11 is 4.73. The van der Waals surface area contributed by atoms with Crippen molar-refractivity contribution in [3.63, 3.8) is 0 Å². The molecular weight excluding hydrogens is 1310 g/mol. The number of tetrazole rings is 2. The molecule has 0 aliphatic carbocycles. The second-order valence-electron chi connectivity index (χ2n) is 24.8. The van der Waals surface area contributed by atoms with Gasteiger partial charge in [-0.05, 0) is 180 Å². The van der Waals surface area contributed by atoms with Crippen LogP contribution in [0.15, 0.2) is 99.0 Å². The second-order valence-corrected chi connectivity index (χ2v) is 28.1. The zero-order valence-electron chi connectivity index (χ0n) is 56.4. The molecule has 4 saturated heterocycles. The fraction of sp³-hybridized carbons (Fsp3) is 0.544. The number of likely N-dealkylation sites (tertiary alicyclic amines) is 2. The summed E-state index contributed by atoms with van der Waals surface area (Å²) in [6.45, 7) is 8.75. The van der Waals surface area contributed by atoms with Crippen LogP contribution in [0.3, 0.4) is 0 Å². The minimum absolute atomic E-state index is 0.000566. The number of hydrogen-bond donors (Lipinski definition) is 8. The van der Waals surface area contributed by atoms with Gasteiger partial charge in [0.1, 0.15) is 25.3 Å². The minimum Gasteiger partial charge on any atom is -0.363 e. The summed E-state index contributed by atoms with van der Waals surface area (Å²) in [4.78, 5) is 99.7. The highest BCUT2D eigenvalue weighted by Crippen LogP contribution is 2.34. The summed E-state index contributed by atoms with van der Waals surface area (Å²) in [5.74, 6) is 11.7. The predicted octanol–water partition coefficient (Wildman–Crippen LogP) is 4.38. The van der Waals surface area contributed by atoms with E-state index in [0.29, 0.717) is 104 Å². The highest BCUT2D eigenvalue weighted by molar-refractivity contribution is 8.00. The number of thioether (sulfide) groups is 1. The van der Waals surface area contributed by atoms with Crippen LogP contribution in [0.2, 0.25) is 0 Å². The van der Waals surface area contributed by atoms with Crippen LogP contribution in [0.4, 0.5) is 10.5 Å². The molecule has 4 aliphatic heterocycles. The number of unbranched alkanes of at least 4 members (excludes halogenated alkanes) is 3. The molecule has 98 heavy (non-hydrogen) atoms. The van der Waals surface area contributed by atoms with Gasteiger partial charge in [0, 0.05) is 70.1 Å². The van der Waals surface area contributed by atoms with Gasteiger partial charge in [0.15, 0.2) is 0 Å². The molecule has 30 heteroatoms. The smallest absolute Gasteiger partial charge is 0.315 e. The normalized spacial score (nSPS) is 19.7. The number of hydrogen-bond acceptors (Lipinski definition) is 20. The molecular formula is C68H90N18O9S3. The first-order chi connectivity index (χ1) is 47.5. The van der Waals surface area contributed by atoms with Crippen molar-refractivity contribution in [2.75, 3.05) is 58.0 Å². The van der Waals surface area contributed by atoms with Crippen molar-refractivity contribution >= 4 is 82.4 Å². The van der Waals surface area contributed by atoms with Crippen LogP contribution in [0.25, 0.3) is 0 Å². The van der Waals surface area contributed by atoms with Crippen LogP contribution in [-0.2, 0) is 51.3 Å². The van der Waals surface area contributed by atoms with Crippen molar-refractivity contribution in [2.24, 2.45) is 0 Å². The Morgan fingerprint density at radius 3 is 1.68 bits per heavy atom. The van der Waals surface area contributed by atoms with E-state index in [1.165, 1.54) is 23.5 Å². The van der Waals surface area contributed by atoms with Crippen molar-refractivity contribution in [2.45, 2.75) is 204 Å². The summed E-state index contributed by atoms with van der Waals surface area (Å²) < 4.78 is 15.9. The van der Waals surface area contributed by atoms with Gasteiger partial charge < -0.3 is 61.8 Å². The third kappa shape index (κ3) is 21.7. The molecule has 5 aromatic rings. The lowest BCUT2D eigenvalue weighted by Crippen LogP contribution is -2.58. The molecule has 4 aliphatic rings. The number of fused-ring (bicyclic) bond motifs is 1. The minimum atomic E-state index is -1.07. The molecule has 0 bridgehead atoms. The Kier molecular flexibility index (Phi) is 28.6. The van der Waals surface area contributed by atoms with E-state index in [0.717, 1.165) is 47.6 Å². The van der Waals surface area contributed by atoms with Crippen LogP contribution in [0, 0.1) is 23.7 Å². The number of carbonyl (C=O) groups is 7. The van der Waals surface area contributed by atoms with Crippen molar-refractivity contribution < 1.29 is 43.0 Å². The Morgan fingerprint density at radius 2 is 1.16 bits per heavy atom. The van der Waals surface area contributed by atoms with E-state index in [9.17, 15) is 33.6 Å². The lowest BCUT2D eigenvalue weighted by Gasteiger charge is -2.32. The number of amides is 8. The number of nitrogens with zero attached hydrogens (tertiary/aromatic N) is 10. The first kappa shape index (κ1) is 74.1. The van der Waals surface area contributed by atoms with Gasteiger partial charge in [-0.25, -0.2) is 14.2 Å². The average Bonchev–Trinajstić information content (AvgIpc) is 1.64. The maximum Gasteiger partial charge on any atom is 0.315 e. The monoisotopic (exact) mass is 1400 g/mol. The van der Waals surface area contributed by atoms with Crippen LogP contribution in [-0.4, -0.2) is 210 Å². The molecule has 0 radical (unpaired) electrons. The van der Waals surface area contributed by atoms with Crippen LogP contribution in [0.1, 0.15) is 116 Å². The number of likely N-dealkylation sites (N-methyl/N-ethyl adjacent to an activating group) is 2. The molecule has 1 unspecified atom stereocenters. The van der Waals surface area contributed by atoms with Gasteiger partial charge in [-0.3, -0.25) is 28.8 Å². The zero-order valence-corrected chi connectivity index (χ0v) is 58.8. The van der Waals surface area contributed by atoms with Gasteiger partial charge >= 0.3 is 6.03 Å². The summed E-state index contributed by atoms with van der Waals surface area (Å²) in [7, 11) is 3.33. The van der Waals surface area contributed by atoms with Crippen LogP contribution < -0.4 is 42.5 Å². The van der Waals surface area contributed by atoms with Crippen molar-refractivity contribution in [1.82, 2.24) is 87.4 Å². The standard InChI is InChI=1S/C68H90N18O9S3/c1-44(69-5)62(89)74-59(64(91)83-34-18-24-51(83)41-85-67(77-79-81-85)97-53-26-10-7-11-27-53)46(3)94-36-20-22-48-38-49(40-50(39-48)72-58(88)32-14-9-17-33-71-57(87)31-16-15-30-56-61-55(43-96-56)73-66(93)76-61)23-21-37-95-47(4)60(75-63(90)45(2)70-6)65(92)84-35-19-25-52(84)42-86-68(78-80-82-86)98-54-28-12-8-13-29-54/h7-8,10-13,26-29,38-40,44-47,51-52,55-56,59-61,69-70H,9,14-19,24-25,30-37,41-43H2,1-6H3,(H,71,87)(H,72,88)(H,74,89)(H,75,90)(H2,73,76,93)/t44-,45+,46+,47?,51-,52-,55-,56-,59-,60-,61-/m0/s1. The summed E-state index contributed by atoms with van der Waals surface area (Å²) in [5.41, 5.74) is 1.43. The number of aromatic nitrogens is 8. The van der Waals surface area contributed by atoms with Gasteiger partial charge in [-0.15, -0.1) is 10.2 Å². The molecule has 2 aromatic heterocycles. The number of urea groups is 1. The molecule has 0 spiro atoms. The van der Waals surface area contributed by atoms with E-state index in [4.69, 9.17) is 9.47 Å². The highest BCUT2D eigenvalue weighted by atomic mass is 32.2. The third-order valence-corrected chi connectivity index (χ3v) is 21.2. The molecule has 524 valence electrons. The number of benzene rings is 3. The molecule has 11 atom stereocenters. The van der Waals surface area contributed by atoms with Crippen molar-refractivity contribution in [1.29, 1.82) is 0 Å². The van der Waals surface area contributed by atoms with E-state index in [1.807, 2.05) is 72.4 Å². The molecule has 4 fully saturated rings. The maximum absolute atomic E-state index is 14.6. The van der Waals surface area contributed by atoms with Crippen molar-refractivity contribution in [3.8, 4) is 23.7 Å². The lowest BCUT2D eigenvalue weighted by atomic mass is 10.0. The Hall–Kier alpha value is -8.10. The molecule has 3 aromatic carbocycles. The second kappa shape index (κ2) is 37.7. The number of nitrogens with one attached hydrogen (secondary N) is 8. The third-order valence-electron chi connectivity index (χ3n) is 17.7. The SMILES string of the molecule is CN[C@@H](C)C(=O)N[C@H](C(=O)N1CCC[C@H]1Cn1nnnc1Sc1ccccc1)[C@@H](C)OCC#Cc1cc(C#CCOC(C)[C@H](NC(=O)[C@@H](C)NC)C(=O)N2CCC[C@H]2Cn2nnnc2Sc2ccccc2)cc(NC(=O)CCCCCNC(=O)CCCC[C@@H]2SC[C@@H]3NC(=O)N[C@@H]32)c1. The van der Waals surface area contributed by atoms with Gasteiger partial charge in [0.2, 0.25) is 45.8 Å². The van der Waals surface area contributed by atoms with Gasteiger partial charge in [0.25, 0.3) is 0 Å². The van der Waals surface area contributed by atoms with Gasteiger partial charge in [0.05, 0.1) is 61.5 Å². The van der Waals surface area contributed by atoms with E-state index in [2.05, 4.69) is 97.3 Å². The fourth-order valence-corrected chi connectivity index (χ4v) is 15.1. The molecule has 6 heterocycles. The zero-order chi connectivity index (χ0) is 69.3. The Morgan fingerprint density at radius 1 is 0.653 bits per heavy atom. The lowest BCUT2D eigenvalue weighted by molar-refractivity contribution is -0.142. The first-order valence-corrected chi connectivity index (χ1v) is 36.4. The van der Waals surface area contributed by atoms with E-state index < -0.39 is 36.4 Å². The highest BCUT2D eigenvalue weighted by Gasteiger charge is 2.43. The van der Waals surface area contributed by atoms with Gasteiger partial charge in [-0.2, -0.15) is 11.8 Å². The summed E-state index contributed by atoms with van der Waals surface area (Å²) in [5, 5.41) is 50.2. The Balaban J connectivity index is 0.839. The first-order valence-electron chi connectivity index (χ1n) is 33.7. The van der Waals surface area contributed by atoms with E-state index in [1.54, 1.807) is 79.2 Å². The number of ether oxygens (including phenoxy) is 2. The molecule has 0 saturated carbocycles. The quantitative estimate of drug-likeness (QED) is 0.0161. The fourth-order valence-electron chi connectivity index (χ4n) is 12.0. The van der Waals surface area contributed by atoms with E-state index >= 15 is 0 Å². The average molecular weight is 1400 g/mol. The van der Waals surface area contributed by atoms with E-state index in [-0.39, 0.29) is 85.3 Å². The number of anilines is 1. The van der Waals surface area contributed by atoms with Crippen LogP contribution in [0.5, 0.6) is 0 Å². The van der Waals surface area contributed by atoms with Crippen molar-refractivity contribution in [3.05, 3.63) is 90.0 Å². The largest absolute Gasteiger partial charge is 0.363 e. The number of carbonyl (C=O) groups excluding carboxylic acids is 7. The molecule has 8 amide bonds. The molecule has 27 nitrogen and oxygen atoms in total. The summed E-state index contributed by atoms with van der Waals surface area (Å²) in [6.07, 6.45) is 6.55. The number of rotatable bonds is 34. The Labute approximate surface area is 585 Å². The topological polar surface area (TPSA) is 328 Å². The van der Waals surface area contributed by atoms with Crippen LogP contribution >= 0.6 is 35.3 Å². The Bertz CT molecular complexity index is 3440. The summed E-state index contributed by atoms with van der Waals surface area (Å²) in [6, 6.07) is 21.1. The van der Waals surface area contributed by atoms with Gasteiger partial charge in [-0.1, -0.05) is 72.9 Å². The predicted molar refractivity (Wildman–Crippen MR) is 372 cm³/mol. The molecule has 8 N–H and O–H groups in total. The maximum atomic E-state index is 14.6.